The van der Waals surface area contributed by atoms with Crippen molar-refractivity contribution in [2.75, 3.05) is 13.7 Å². The Labute approximate surface area is 163 Å². The van der Waals surface area contributed by atoms with Crippen LogP contribution in [0.2, 0.25) is 5.02 Å². The average Bonchev–Trinajstić information content (AvgIpc) is 2.69. The molecule has 0 bridgehead atoms. The van der Waals surface area contributed by atoms with Crippen molar-refractivity contribution in [1.29, 1.82) is 5.26 Å². The van der Waals surface area contributed by atoms with Gasteiger partial charge in [0.1, 0.15) is 12.6 Å². The van der Waals surface area contributed by atoms with E-state index in [1.807, 2.05) is 6.07 Å². The summed E-state index contributed by atoms with van der Waals surface area (Å²) in [5.74, 6) is 3.25. The van der Waals surface area contributed by atoms with Crippen molar-refractivity contribution >= 4 is 17.5 Å². The van der Waals surface area contributed by atoms with Gasteiger partial charge in [-0.05, 0) is 30.2 Å². The van der Waals surface area contributed by atoms with Gasteiger partial charge in [0.25, 0.3) is 0 Å². The molecule has 0 aliphatic carbocycles. The van der Waals surface area contributed by atoms with Crippen molar-refractivity contribution in [1.82, 2.24) is 5.32 Å². The molecule has 0 saturated carbocycles. The molecule has 1 unspecified atom stereocenters. The Morgan fingerprint density at radius 1 is 1.30 bits per heavy atom. The van der Waals surface area contributed by atoms with Gasteiger partial charge >= 0.3 is 0 Å². The lowest BCUT2D eigenvalue weighted by molar-refractivity contribution is -0.121. The second kappa shape index (κ2) is 10.1. The molecule has 0 saturated heterocycles. The molecule has 1 atom stereocenters. The number of rotatable bonds is 8. The van der Waals surface area contributed by atoms with E-state index in [-0.39, 0.29) is 18.9 Å². The summed E-state index contributed by atoms with van der Waals surface area (Å²) in [4.78, 5) is 12.2. The monoisotopic (exact) mass is 382 g/mol. The number of nitriles is 1. The van der Waals surface area contributed by atoms with Gasteiger partial charge in [0.05, 0.1) is 13.2 Å². The van der Waals surface area contributed by atoms with Crippen LogP contribution in [0.1, 0.15) is 23.6 Å². The summed E-state index contributed by atoms with van der Waals surface area (Å²) in [6, 6.07) is 13.6. The van der Waals surface area contributed by atoms with Crippen molar-refractivity contribution in [2.45, 2.75) is 18.9 Å². The van der Waals surface area contributed by atoms with Gasteiger partial charge in [-0.2, -0.15) is 5.26 Å². The number of halogens is 1. The summed E-state index contributed by atoms with van der Waals surface area (Å²) in [5, 5.41) is 12.5. The number of terminal acetylenes is 1. The minimum atomic E-state index is -0.791. The molecule has 2 aromatic carbocycles. The van der Waals surface area contributed by atoms with Gasteiger partial charge in [-0.15, -0.1) is 6.42 Å². The van der Waals surface area contributed by atoms with Crippen molar-refractivity contribution in [3.8, 4) is 29.9 Å². The number of amides is 1. The van der Waals surface area contributed by atoms with Gasteiger partial charge in [-0.3, -0.25) is 4.79 Å². The third-order valence-corrected chi connectivity index (χ3v) is 4.17. The average molecular weight is 383 g/mol. The van der Waals surface area contributed by atoms with Crippen LogP contribution in [-0.4, -0.2) is 19.6 Å². The van der Waals surface area contributed by atoms with Crippen LogP contribution < -0.4 is 14.8 Å². The molecule has 0 heterocycles. The number of hydrogen-bond donors (Lipinski definition) is 1. The van der Waals surface area contributed by atoms with E-state index in [4.69, 9.17) is 27.5 Å². The maximum Gasteiger partial charge on any atom is 0.221 e. The molecule has 2 aromatic rings. The number of carbonyl (C=O) groups excluding carboxylic acids is 1. The van der Waals surface area contributed by atoms with Crippen LogP contribution >= 0.6 is 11.6 Å². The van der Waals surface area contributed by atoms with Crippen LogP contribution in [-0.2, 0) is 11.2 Å². The summed E-state index contributed by atoms with van der Waals surface area (Å²) >= 11 is 6.10. The third-order valence-electron chi connectivity index (χ3n) is 3.83. The Balaban J connectivity index is 1.98. The SMILES string of the molecule is C#CCOc1ccc(CCC(=O)NC(C#N)c2ccccc2Cl)cc1OC. The highest BCUT2D eigenvalue weighted by Crippen LogP contribution is 2.28. The van der Waals surface area contributed by atoms with Crippen LogP contribution in [0.25, 0.3) is 0 Å². The highest BCUT2D eigenvalue weighted by atomic mass is 35.5. The first-order valence-electron chi connectivity index (χ1n) is 8.25. The molecule has 1 amide bonds. The second-order valence-electron chi connectivity index (χ2n) is 5.63. The fourth-order valence-electron chi connectivity index (χ4n) is 2.49. The molecule has 1 N–H and O–H groups in total. The number of ether oxygens (including phenoxy) is 2. The van der Waals surface area contributed by atoms with Crippen molar-refractivity contribution < 1.29 is 14.3 Å². The van der Waals surface area contributed by atoms with Gasteiger partial charge < -0.3 is 14.8 Å². The van der Waals surface area contributed by atoms with Gasteiger partial charge in [0.15, 0.2) is 11.5 Å². The molecule has 6 heteroatoms. The van der Waals surface area contributed by atoms with Crippen LogP contribution in [0.15, 0.2) is 42.5 Å². The highest BCUT2D eigenvalue weighted by Gasteiger charge is 2.16. The maximum atomic E-state index is 12.2. The first-order chi connectivity index (χ1) is 13.1. The quantitative estimate of drug-likeness (QED) is 0.707. The molecular weight excluding hydrogens is 364 g/mol. The number of nitrogens with one attached hydrogen (secondary N) is 1. The first kappa shape index (κ1) is 20.2. The third kappa shape index (κ3) is 5.67. The van der Waals surface area contributed by atoms with E-state index < -0.39 is 6.04 Å². The molecule has 138 valence electrons. The molecule has 0 spiro atoms. The van der Waals surface area contributed by atoms with Crippen LogP contribution in [0.3, 0.4) is 0 Å². The number of carbonyl (C=O) groups is 1. The number of hydrogen-bond acceptors (Lipinski definition) is 4. The maximum absolute atomic E-state index is 12.2. The predicted molar refractivity (Wildman–Crippen MR) is 104 cm³/mol. The van der Waals surface area contributed by atoms with E-state index in [0.717, 1.165) is 5.56 Å². The first-order valence-corrected chi connectivity index (χ1v) is 8.63. The molecule has 0 fully saturated rings. The predicted octanol–water partition coefficient (Wildman–Crippen LogP) is 3.67. The lowest BCUT2D eigenvalue weighted by Crippen LogP contribution is -2.28. The van der Waals surface area contributed by atoms with Gasteiger partial charge in [0.2, 0.25) is 5.91 Å². The topological polar surface area (TPSA) is 71.3 Å². The largest absolute Gasteiger partial charge is 0.493 e. The molecule has 0 aliphatic heterocycles. The van der Waals surface area contributed by atoms with E-state index in [1.54, 1.807) is 36.4 Å². The van der Waals surface area contributed by atoms with E-state index in [9.17, 15) is 10.1 Å². The van der Waals surface area contributed by atoms with Crippen molar-refractivity contribution in [3.05, 3.63) is 58.6 Å². The zero-order chi connectivity index (χ0) is 19.6. The van der Waals surface area contributed by atoms with E-state index in [1.165, 1.54) is 7.11 Å². The minimum absolute atomic E-state index is 0.149. The molecule has 27 heavy (non-hydrogen) atoms. The summed E-state index contributed by atoms with van der Waals surface area (Å²) in [6.45, 7) is 0.149. The lowest BCUT2D eigenvalue weighted by atomic mass is 10.1. The number of benzene rings is 2. The van der Waals surface area contributed by atoms with Gasteiger partial charge in [0, 0.05) is 17.0 Å². The Kier molecular flexibility index (Phi) is 7.55. The Morgan fingerprint density at radius 3 is 2.74 bits per heavy atom. The van der Waals surface area contributed by atoms with E-state index >= 15 is 0 Å². The smallest absolute Gasteiger partial charge is 0.221 e. The van der Waals surface area contributed by atoms with Crippen molar-refractivity contribution in [2.24, 2.45) is 0 Å². The highest BCUT2D eigenvalue weighted by molar-refractivity contribution is 6.31. The second-order valence-corrected chi connectivity index (χ2v) is 6.04. The molecule has 5 nitrogen and oxygen atoms in total. The summed E-state index contributed by atoms with van der Waals surface area (Å²) in [6.07, 6.45) is 5.89. The van der Waals surface area contributed by atoms with E-state index in [2.05, 4.69) is 17.3 Å². The standard InChI is InChI=1S/C21H19ClN2O3/c1-3-12-27-19-10-8-15(13-20(19)26-2)9-11-21(25)24-18(14-23)16-6-4-5-7-17(16)22/h1,4-8,10,13,18H,9,11-12H2,2H3,(H,24,25). The molecule has 0 aliphatic rings. The minimum Gasteiger partial charge on any atom is -0.493 e. The fraction of sp³-hybridized carbons (Fsp3) is 0.238. The van der Waals surface area contributed by atoms with Crippen molar-refractivity contribution in [3.63, 3.8) is 0 Å². The number of methoxy groups -OCH3 is 1. The van der Waals surface area contributed by atoms with Crippen LogP contribution in [0.5, 0.6) is 11.5 Å². The molecule has 0 aromatic heterocycles. The lowest BCUT2D eigenvalue weighted by Gasteiger charge is -2.14. The molecular formula is C21H19ClN2O3. The Morgan fingerprint density at radius 2 is 2.07 bits per heavy atom. The molecule has 0 radical (unpaired) electrons. The van der Waals surface area contributed by atoms with Gasteiger partial charge in [-0.25, -0.2) is 0 Å². The fourth-order valence-corrected chi connectivity index (χ4v) is 2.73. The summed E-state index contributed by atoms with van der Waals surface area (Å²) in [7, 11) is 1.54. The molecule has 2 rings (SSSR count). The Bertz CT molecular complexity index is 884. The summed E-state index contributed by atoms with van der Waals surface area (Å²) in [5.41, 5.74) is 1.48. The summed E-state index contributed by atoms with van der Waals surface area (Å²) < 4.78 is 10.7. The number of nitrogens with zero attached hydrogens (tertiary/aromatic N) is 1. The zero-order valence-corrected chi connectivity index (χ0v) is 15.6. The van der Waals surface area contributed by atoms with E-state index in [0.29, 0.717) is 28.5 Å². The zero-order valence-electron chi connectivity index (χ0n) is 14.9. The number of aryl methyl sites for hydroxylation is 1. The van der Waals surface area contributed by atoms with Gasteiger partial charge in [-0.1, -0.05) is 41.8 Å². The van der Waals surface area contributed by atoms with Crippen LogP contribution in [0.4, 0.5) is 0 Å². The Hall–Kier alpha value is -3.15. The van der Waals surface area contributed by atoms with Crippen LogP contribution in [0, 0.1) is 23.7 Å². The normalized spacial score (nSPS) is 11.0.